The van der Waals surface area contributed by atoms with Crippen LogP contribution in [-0.4, -0.2) is 19.6 Å². The van der Waals surface area contributed by atoms with Crippen LogP contribution in [0.1, 0.15) is 13.8 Å². The van der Waals surface area contributed by atoms with Crippen molar-refractivity contribution in [3.8, 4) is 0 Å². The molecule has 0 aromatic carbocycles. The van der Waals surface area contributed by atoms with Crippen LogP contribution in [-0.2, 0) is 4.74 Å². The van der Waals surface area contributed by atoms with E-state index in [9.17, 15) is 0 Å². The highest BCUT2D eigenvalue weighted by Gasteiger charge is 1.73. The third-order valence-corrected chi connectivity index (χ3v) is 0.591. The Morgan fingerprint density at radius 3 is 3.00 bits per heavy atom. The van der Waals surface area contributed by atoms with Crippen molar-refractivity contribution in [3.63, 3.8) is 0 Å². The zero-order valence-corrected chi connectivity index (χ0v) is 5.35. The van der Waals surface area contributed by atoms with Crippen LogP contribution in [0.15, 0.2) is 5.10 Å². The lowest BCUT2D eigenvalue weighted by Gasteiger charge is -1.96. The topological polar surface area (TPSA) is 33.6 Å². The molecule has 0 unspecified atom stereocenters. The summed E-state index contributed by atoms with van der Waals surface area (Å²) in [5.74, 6) is 0. The van der Waals surface area contributed by atoms with E-state index in [0.29, 0.717) is 6.73 Å². The van der Waals surface area contributed by atoms with E-state index in [-0.39, 0.29) is 0 Å². The molecule has 0 amide bonds. The predicted octanol–water partition coefficient (Wildman–Crippen LogP) is 0.576. The molecule has 0 aliphatic rings. The van der Waals surface area contributed by atoms with Gasteiger partial charge in [-0.2, -0.15) is 5.10 Å². The van der Waals surface area contributed by atoms with Crippen molar-refractivity contribution in [2.75, 3.05) is 13.3 Å². The molecule has 0 rings (SSSR count). The van der Waals surface area contributed by atoms with Crippen LogP contribution in [0.25, 0.3) is 0 Å². The van der Waals surface area contributed by atoms with Gasteiger partial charge >= 0.3 is 0 Å². The molecule has 0 aromatic rings. The first-order chi connectivity index (χ1) is 3.91. The first-order valence-electron chi connectivity index (χ1n) is 2.70. The van der Waals surface area contributed by atoms with Crippen molar-refractivity contribution in [2.24, 2.45) is 5.10 Å². The molecule has 0 aliphatic carbocycles. The standard InChI is InChI=1S/C5H12N2O/c1-3-6-7-5-8-4-2/h3,7H,4-5H2,1-2H3/b6-3-. The van der Waals surface area contributed by atoms with Gasteiger partial charge in [0.2, 0.25) is 0 Å². The molecule has 1 N–H and O–H groups in total. The molecule has 48 valence electrons. The number of ether oxygens (including phenoxy) is 1. The fourth-order valence-corrected chi connectivity index (χ4v) is 0.276. The van der Waals surface area contributed by atoms with Crippen molar-refractivity contribution in [1.29, 1.82) is 0 Å². The molecule has 0 saturated heterocycles. The normalized spacial score (nSPS) is 10.2. The highest BCUT2D eigenvalue weighted by molar-refractivity contribution is 5.52. The van der Waals surface area contributed by atoms with E-state index in [0.717, 1.165) is 6.61 Å². The van der Waals surface area contributed by atoms with E-state index in [1.165, 1.54) is 0 Å². The van der Waals surface area contributed by atoms with Crippen molar-refractivity contribution >= 4 is 6.21 Å². The summed E-state index contributed by atoms with van der Waals surface area (Å²) in [5, 5.41) is 3.71. The summed E-state index contributed by atoms with van der Waals surface area (Å²) >= 11 is 0. The van der Waals surface area contributed by atoms with Crippen LogP contribution in [0.3, 0.4) is 0 Å². The summed E-state index contributed by atoms with van der Waals surface area (Å²) in [5.41, 5.74) is 2.68. The molecule has 0 spiro atoms. The van der Waals surface area contributed by atoms with E-state index in [4.69, 9.17) is 4.74 Å². The van der Waals surface area contributed by atoms with Gasteiger partial charge in [0, 0.05) is 12.8 Å². The fourth-order valence-electron chi connectivity index (χ4n) is 0.276. The van der Waals surface area contributed by atoms with E-state index < -0.39 is 0 Å². The SMILES string of the molecule is C/C=N\NCOCC. The molecule has 0 bridgehead atoms. The molecule has 0 heterocycles. The van der Waals surface area contributed by atoms with Crippen LogP contribution in [0, 0.1) is 0 Å². The molecule has 3 nitrogen and oxygen atoms in total. The monoisotopic (exact) mass is 116 g/mol. The summed E-state index contributed by atoms with van der Waals surface area (Å²) < 4.78 is 4.91. The number of hydrogen-bond donors (Lipinski definition) is 1. The summed E-state index contributed by atoms with van der Waals surface area (Å²) in [6.07, 6.45) is 1.68. The van der Waals surface area contributed by atoms with Crippen LogP contribution >= 0.6 is 0 Å². The molecule has 0 atom stereocenters. The van der Waals surface area contributed by atoms with E-state index in [2.05, 4.69) is 10.5 Å². The van der Waals surface area contributed by atoms with E-state index in [1.54, 1.807) is 6.21 Å². The molecule has 0 aliphatic heterocycles. The smallest absolute Gasteiger partial charge is 0.132 e. The van der Waals surface area contributed by atoms with Gasteiger partial charge in [-0.05, 0) is 13.8 Å². The number of rotatable bonds is 4. The minimum Gasteiger partial charge on any atom is -0.360 e. The van der Waals surface area contributed by atoms with Gasteiger partial charge < -0.3 is 4.74 Å². The molecule has 0 radical (unpaired) electrons. The molecular formula is C5H12N2O. The highest BCUT2D eigenvalue weighted by Crippen LogP contribution is 1.65. The highest BCUT2D eigenvalue weighted by atomic mass is 16.5. The predicted molar refractivity (Wildman–Crippen MR) is 33.8 cm³/mol. The molecule has 8 heavy (non-hydrogen) atoms. The Hall–Kier alpha value is -0.570. The Bertz CT molecular complexity index is 63.4. The number of hydrazone groups is 1. The van der Waals surface area contributed by atoms with Crippen LogP contribution in [0.4, 0.5) is 0 Å². The minimum atomic E-state index is 0.501. The third kappa shape index (κ3) is 5.43. The molecule has 0 aromatic heterocycles. The van der Waals surface area contributed by atoms with Gasteiger partial charge in [-0.25, -0.2) is 0 Å². The molecule has 0 fully saturated rings. The molecule has 0 saturated carbocycles. The second-order valence-corrected chi connectivity index (χ2v) is 1.18. The molecule has 3 heteroatoms. The fraction of sp³-hybridized carbons (Fsp3) is 0.800. The van der Waals surface area contributed by atoms with Gasteiger partial charge in [0.05, 0.1) is 0 Å². The summed E-state index contributed by atoms with van der Waals surface area (Å²) in [6, 6.07) is 0. The lowest BCUT2D eigenvalue weighted by Crippen LogP contribution is -2.10. The van der Waals surface area contributed by atoms with Crippen molar-refractivity contribution in [1.82, 2.24) is 5.43 Å². The quantitative estimate of drug-likeness (QED) is 0.252. The average molecular weight is 116 g/mol. The van der Waals surface area contributed by atoms with Gasteiger partial charge in [0.15, 0.2) is 0 Å². The second-order valence-electron chi connectivity index (χ2n) is 1.18. The maximum Gasteiger partial charge on any atom is 0.132 e. The Kier molecular flexibility index (Phi) is 5.97. The van der Waals surface area contributed by atoms with E-state index >= 15 is 0 Å². The van der Waals surface area contributed by atoms with Crippen LogP contribution < -0.4 is 5.43 Å². The summed E-state index contributed by atoms with van der Waals surface area (Å²) in [7, 11) is 0. The third-order valence-electron chi connectivity index (χ3n) is 0.591. The van der Waals surface area contributed by atoms with Gasteiger partial charge in [-0.15, -0.1) is 0 Å². The summed E-state index contributed by atoms with van der Waals surface area (Å²) in [4.78, 5) is 0. The lowest BCUT2D eigenvalue weighted by atomic mass is 10.9. The second kappa shape index (κ2) is 6.43. The zero-order valence-electron chi connectivity index (χ0n) is 5.35. The van der Waals surface area contributed by atoms with E-state index in [1.807, 2.05) is 13.8 Å². The largest absolute Gasteiger partial charge is 0.360 e. The maximum atomic E-state index is 4.91. The Labute approximate surface area is 49.7 Å². The van der Waals surface area contributed by atoms with Crippen LogP contribution in [0.5, 0.6) is 0 Å². The van der Waals surface area contributed by atoms with Gasteiger partial charge in [-0.1, -0.05) is 0 Å². The first-order valence-corrected chi connectivity index (χ1v) is 2.70. The number of hydrogen-bond acceptors (Lipinski definition) is 3. The Morgan fingerprint density at radius 1 is 1.75 bits per heavy atom. The minimum absolute atomic E-state index is 0.501. The van der Waals surface area contributed by atoms with Crippen molar-refractivity contribution in [3.05, 3.63) is 0 Å². The summed E-state index contributed by atoms with van der Waals surface area (Å²) in [6.45, 7) is 5.02. The zero-order chi connectivity index (χ0) is 6.24. The van der Waals surface area contributed by atoms with Gasteiger partial charge in [0.1, 0.15) is 6.73 Å². The van der Waals surface area contributed by atoms with Gasteiger partial charge in [-0.3, -0.25) is 5.43 Å². The Balaban J connectivity index is 2.72. The van der Waals surface area contributed by atoms with Crippen molar-refractivity contribution in [2.45, 2.75) is 13.8 Å². The van der Waals surface area contributed by atoms with Crippen LogP contribution in [0.2, 0.25) is 0 Å². The lowest BCUT2D eigenvalue weighted by molar-refractivity contribution is 0.130. The number of nitrogens with one attached hydrogen (secondary N) is 1. The first kappa shape index (κ1) is 7.43. The number of nitrogens with zero attached hydrogens (tertiary/aromatic N) is 1. The Morgan fingerprint density at radius 2 is 2.50 bits per heavy atom. The van der Waals surface area contributed by atoms with Crippen molar-refractivity contribution < 1.29 is 4.74 Å². The van der Waals surface area contributed by atoms with Gasteiger partial charge in [0.25, 0.3) is 0 Å². The average Bonchev–Trinajstić information content (AvgIpc) is 1.81. The maximum absolute atomic E-state index is 4.91. The molecular weight excluding hydrogens is 104 g/mol.